The molecule has 1 aromatic carbocycles. The summed E-state index contributed by atoms with van der Waals surface area (Å²) in [5.41, 5.74) is 1.97. The fraction of sp³-hybridized carbons (Fsp3) is 0.579. The third-order valence-corrected chi connectivity index (χ3v) is 4.66. The lowest BCUT2D eigenvalue weighted by Gasteiger charge is -2.29. The van der Waals surface area contributed by atoms with Crippen LogP contribution in [0.3, 0.4) is 0 Å². The Morgan fingerprint density at radius 2 is 1.78 bits per heavy atom. The van der Waals surface area contributed by atoms with Crippen LogP contribution in [-0.2, 0) is 16.0 Å². The monoisotopic (exact) mass is 316 g/mol. The van der Waals surface area contributed by atoms with E-state index in [0.29, 0.717) is 0 Å². The van der Waals surface area contributed by atoms with Gasteiger partial charge in [0.25, 0.3) is 0 Å². The number of carbonyl (C=O) groups is 2. The average molecular weight is 316 g/mol. The molecule has 0 atom stereocenters. The van der Waals surface area contributed by atoms with Crippen LogP contribution in [0.25, 0.3) is 0 Å². The molecule has 1 N–H and O–H groups in total. The standard InChI is InChI=1S/C19H28N2O2/c1-3-16-10-8-9-13-18(16)20-19(23)14-21(15(2)22)17-11-6-4-5-7-12-17/h8-10,13,17H,3-7,11-12,14H2,1-2H3,(H,20,23). The van der Waals surface area contributed by atoms with Crippen LogP contribution in [0.15, 0.2) is 24.3 Å². The van der Waals surface area contributed by atoms with Gasteiger partial charge in [0.2, 0.25) is 11.8 Å². The van der Waals surface area contributed by atoms with Crippen molar-refractivity contribution in [3.8, 4) is 0 Å². The van der Waals surface area contributed by atoms with Crippen LogP contribution in [0, 0.1) is 0 Å². The van der Waals surface area contributed by atoms with E-state index in [-0.39, 0.29) is 24.4 Å². The summed E-state index contributed by atoms with van der Waals surface area (Å²) in [5, 5.41) is 2.97. The predicted octanol–water partition coefficient (Wildman–Crippen LogP) is 3.76. The van der Waals surface area contributed by atoms with Crippen LogP contribution >= 0.6 is 0 Å². The molecule has 4 heteroatoms. The zero-order chi connectivity index (χ0) is 16.7. The quantitative estimate of drug-likeness (QED) is 0.841. The predicted molar refractivity (Wildman–Crippen MR) is 93.3 cm³/mol. The molecule has 0 unspecified atom stereocenters. The molecular weight excluding hydrogens is 288 g/mol. The Kier molecular flexibility index (Phi) is 6.63. The number of hydrogen-bond acceptors (Lipinski definition) is 2. The summed E-state index contributed by atoms with van der Waals surface area (Å²) in [7, 11) is 0. The van der Waals surface area contributed by atoms with E-state index >= 15 is 0 Å². The fourth-order valence-electron chi connectivity index (χ4n) is 3.36. The van der Waals surface area contributed by atoms with Gasteiger partial charge in [0, 0.05) is 18.7 Å². The molecule has 0 bridgehead atoms. The lowest BCUT2D eigenvalue weighted by Crippen LogP contribution is -2.43. The summed E-state index contributed by atoms with van der Waals surface area (Å²) in [4.78, 5) is 26.2. The largest absolute Gasteiger partial charge is 0.331 e. The van der Waals surface area contributed by atoms with Crippen LogP contribution in [0.1, 0.15) is 57.9 Å². The minimum atomic E-state index is -0.106. The molecule has 0 saturated heterocycles. The van der Waals surface area contributed by atoms with Crippen LogP contribution in [0.4, 0.5) is 5.69 Å². The number of rotatable bonds is 5. The third kappa shape index (κ3) is 5.08. The maximum atomic E-state index is 12.4. The zero-order valence-corrected chi connectivity index (χ0v) is 14.3. The number of amides is 2. The normalized spacial score (nSPS) is 15.7. The molecule has 1 aliphatic rings. The molecule has 4 nitrogen and oxygen atoms in total. The van der Waals surface area contributed by atoms with Crippen molar-refractivity contribution in [3.05, 3.63) is 29.8 Å². The number of anilines is 1. The Labute approximate surface area is 139 Å². The first kappa shape index (κ1) is 17.5. The number of carbonyl (C=O) groups excluding carboxylic acids is 2. The van der Waals surface area contributed by atoms with E-state index in [0.717, 1.165) is 43.4 Å². The van der Waals surface area contributed by atoms with Gasteiger partial charge in [-0.25, -0.2) is 0 Å². The number of aryl methyl sites for hydroxylation is 1. The van der Waals surface area contributed by atoms with Gasteiger partial charge in [0.1, 0.15) is 6.54 Å². The first-order chi connectivity index (χ1) is 11.1. The molecule has 0 heterocycles. The summed E-state index contributed by atoms with van der Waals surface area (Å²) in [6.07, 6.45) is 7.66. The van der Waals surface area contributed by atoms with E-state index in [9.17, 15) is 9.59 Å². The van der Waals surface area contributed by atoms with Crippen molar-refractivity contribution < 1.29 is 9.59 Å². The Morgan fingerprint density at radius 3 is 2.39 bits per heavy atom. The second kappa shape index (κ2) is 8.70. The highest BCUT2D eigenvalue weighted by Crippen LogP contribution is 2.22. The van der Waals surface area contributed by atoms with E-state index in [1.807, 2.05) is 24.3 Å². The van der Waals surface area contributed by atoms with Crippen molar-refractivity contribution in [3.63, 3.8) is 0 Å². The highest BCUT2D eigenvalue weighted by Gasteiger charge is 2.24. The smallest absolute Gasteiger partial charge is 0.244 e. The minimum Gasteiger partial charge on any atom is -0.331 e. The molecule has 1 saturated carbocycles. The van der Waals surface area contributed by atoms with Gasteiger partial charge < -0.3 is 10.2 Å². The second-order valence-corrected chi connectivity index (χ2v) is 6.35. The number of benzene rings is 1. The molecule has 2 amide bonds. The zero-order valence-electron chi connectivity index (χ0n) is 14.3. The summed E-state index contributed by atoms with van der Waals surface area (Å²) in [6, 6.07) is 8.04. The van der Waals surface area contributed by atoms with E-state index in [4.69, 9.17) is 0 Å². The number of nitrogens with zero attached hydrogens (tertiary/aromatic N) is 1. The molecule has 1 fully saturated rings. The third-order valence-electron chi connectivity index (χ3n) is 4.66. The van der Waals surface area contributed by atoms with Crippen LogP contribution in [0.2, 0.25) is 0 Å². The van der Waals surface area contributed by atoms with Crippen LogP contribution in [-0.4, -0.2) is 29.3 Å². The molecule has 0 spiro atoms. The maximum Gasteiger partial charge on any atom is 0.244 e. The summed E-state index contributed by atoms with van der Waals surface area (Å²) in [6.45, 7) is 3.79. The van der Waals surface area contributed by atoms with Crippen molar-refractivity contribution in [2.75, 3.05) is 11.9 Å². The average Bonchev–Trinajstić information content (AvgIpc) is 2.82. The Balaban J connectivity index is 2.01. The van der Waals surface area contributed by atoms with Gasteiger partial charge in [-0.3, -0.25) is 9.59 Å². The molecule has 23 heavy (non-hydrogen) atoms. The van der Waals surface area contributed by atoms with Gasteiger partial charge >= 0.3 is 0 Å². The minimum absolute atomic E-state index is 0.00386. The van der Waals surface area contributed by atoms with E-state index in [1.54, 1.807) is 11.8 Å². The van der Waals surface area contributed by atoms with Gasteiger partial charge in [-0.2, -0.15) is 0 Å². The molecule has 0 aliphatic heterocycles. The first-order valence-electron chi connectivity index (χ1n) is 8.76. The van der Waals surface area contributed by atoms with Gasteiger partial charge in [0.05, 0.1) is 0 Å². The molecule has 0 aromatic heterocycles. The lowest BCUT2D eigenvalue weighted by atomic mass is 10.1. The van der Waals surface area contributed by atoms with Crippen LogP contribution < -0.4 is 5.32 Å². The molecule has 2 rings (SSSR count). The number of nitrogens with one attached hydrogen (secondary N) is 1. The Morgan fingerprint density at radius 1 is 1.13 bits per heavy atom. The van der Waals surface area contributed by atoms with Crippen molar-refractivity contribution in [2.45, 2.75) is 64.8 Å². The highest BCUT2D eigenvalue weighted by molar-refractivity contribution is 5.95. The molecular formula is C19H28N2O2. The second-order valence-electron chi connectivity index (χ2n) is 6.35. The van der Waals surface area contributed by atoms with Gasteiger partial charge in [0.15, 0.2) is 0 Å². The molecule has 0 radical (unpaired) electrons. The number of hydrogen-bond donors (Lipinski definition) is 1. The van der Waals surface area contributed by atoms with Crippen LogP contribution in [0.5, 0.6) is 0 Å². The topological polar surface area (TPSA) is 49.4 Å². The van der Waals surface area contributed by atoms with Crippen molar-refractivity contribution in [1.82, 2.24) is 4.90 Å². The lowest BCUT2D eigenvalue weighted by molar-refractivity contribution is -0.135. The molecule has 126 valence electrons. The van der Waals surface area contributed by atoms with Crippen molar-refractivity contribution in [2.24, 2.45) is 0 Å². The van der Waals surface area contributed by atoms with E-state index in [1.165, 1.54) is 12.8 Å². The van der Waals surface area contributed by atoms with Gasteiger partial charge in [-0.1, -0.05) is 50.8 Å². The SMILES string of the molecule is CCc1ccccc1NC(=O)CN(C(C)=O)C1CCCCCC1. The van der Waals surface area contributed by atoms with Gasteiger partial charge in [-0.15, -0.1) is 0 Å². The van der Waals surface area contributed by atoms with Gasteiger partial charge in [-0.05, 0) is 30.9 Å². The Bertz CT molecular complexity index is 534. The summed E-state index contributed by atoms with van der Waals surface area (Å²) >= 11 is 0. The molecule has 1 aromatic rings. The Hall–Kier alpha value is -1.84. The summed E-state index contributed by atoms with van der Waals surface area (Å²) < 4.78 is 0. The fourth-order valence-corrected chi connectivity index (χ4v) is 3.36. The van der Waals surface area contributed by atoms with E-state index < -0.39 is 0 Å². The van der Waals surface area contributed by atoms with E-state index in [2.05, 4.69) is 12.2 Å². The molecule has 1 aliphatic carbocycles. The number of para-hydroxylation sites is 1. The van der Waals surface area contributed by atoms with Crippen molar-refractivity contribution >= 4 is 17.5 Å². The summed E-state index contributed by atoms with van der Waals surface area (Å²) in [5.74, 6) is -0.110. The van der Waals surface area contributed by atoms with Crippen molar-refractivity contribution in [1.29, 1.82) is 0 Å². The maximum absolute atomic E-state index is 12.4. The highest BCUT2D eigenvalue weighted by atomic mass is 16.2. The first-order valence-corrected chi connectivity index (χ1v) is 8.76.